The van der Waals surface area contributed by atoms with Gasteiger partial charge < -0.3 is 11.1 Å². The van der Waals surface area contributed by atoms with Crippen molar-refractivity contribution in [1.29, 1.82) is 0 Å². The number of amides is 1. The number of rotatable bonds is 4. The van der Waals surface area contributed by atoms with Gasteiger partial charge >= 0.3 is 0 Å². The van der Waals surface area contributed by atoms with E-state index in [0.717, 1.165) is 18.9 Å². The summed E-state index contributed by atoms with van der Waals surface area (Å²) in [5.74, 6) is 0.691. The van der Waals surface area contributed by atoms with E-state index in [9.17, 15) is 4.79 Å². The number of pyridine rings is 1. The van der Waals surface area contributed by atoms with Crippen molar-refractivity contribution in [2.45, 2.75) is 25.7 Å². The molecule has 0 atom stereocenters. The third-order valence-corrected chi connectivity index (χ3v) is 3.16. The van der Waals surface area contributed by atoms with Crippen molar-refractivity contribution in [2.24, 2.45) is 5.92 Å². The molecule has 1 fully saturated rings. The lowest BCUT2D eigenvalue weighted by atomic mass is 9.83. The highest BCUT2D eigenvalue weighted by Gasteiger charge is 2.17. The van der Waals surface area contributed by atoms with E-state index in [1.54, 1.807) is 12.3 Å². The first-order valence-electron chi connectivity index (χ1n) is 5.75. The van der Waals surface area contributed by atoms with Crippen LogP contribution in [-0.4, -0.2) is 17.4 Å². The summed E-state index contributed by atoms with van der Waals surface area (Å²) in [5, 5.41) is 2.88. The molecule has 0 unspecified atom stereocenters. The highest BCUT2D eigenvalue weighted by Crippen LogP contribution is 2.28. The maximum atomic E-state index is 11.7. The van der Waals surface area contributed by atoms with Crippen molar-refractivity contribution in [3.63, 3.8) is 0 Å². The molecule has 0 saturated heterocycles. The maximum Gasteiger partial charge on any atom is 0.254 e. The van der Waals surface area contributed by atoms with Gasteiger partial charge in [-0.2, -0.15) is 0 Å². The van der Waals surface area contributed by atoms with Crippen LogP contribution in [0.1, 0.15) is 36.0 Å². The number of nitrogens with two attached hydrogens (primary N) is 1. The van der Waals surface area contributed by atoms with Crippen LogP contribution in [0.3, 0.4) is 0 Å². The zero-order valence-electron chi connectivity index (χ0n) is 9.28. The fraction of sp³-hybridized carbons (Fsp3) is 0.500. The van der Waals surface area contributed by atoms with Gasteiger partial charge in [0.25, 0.3) is 5.91 Å². The Hall–Kier alpha value is -1.58. The quantitative estimate of drug-likeness (QED) is 0.808. The van der Waals surface area contributed by atoms with Gasteiger partial charge in [0.2, 0.25) is 0 Å². The number of nitrogens with zero attached hydrogens (tertiary/aromatic N) is 1. The molecule has 1 aliphatic rings. The van der Waals surface area contributed by atoms with Crippen LogP contribution in [0.15, 0.2) is 18.5 Å². The highest BCUT2D eigenvalue weighted by atomic mass is 16.1. The van der Waals surface area contributed by atoms with Gasteiger partial charge in [-0.15, -0.1) is 0 Å². The molecular weight excluding hydrogens is 202 g/mol. The molecule has 0 radical (unpaired) electrons. The third-order valence-electron chi connectivity index (χ3n) is 3.16. The van der Waals surface area contributed by atoms with Crippen molar-refractivity contribution in [3.05, 3.63) is 24.0 Å². The van der Waals surface area contributed by atoms with Crippen molar-refractivity contribution in [3.8, 4) is 0 Å². The van der Waals surface area contributed by atoms with Crippen LogP contribution in [0.25, 0.3) is 0 Å². The number of carbonyl (C=O) groups is 1. The Kier molecular flexibility index (Phi) is 3.39. The van der Waals surface area contributed by atoms with Gasteiger partial charge in [-0.1, -0.05) is 19.3 Å². The summed E-state index contributed by atoms with van der Waals surface area (Å²) in [4.78, 5) is 15.6. The topological polar surface area (TPSA) is 68.0 Å². The summed E-state index contributed by atoms with van der Waals surface area (Å²) >= 11 is 0. The first-order valence-corrected chi connectivity index (χ1v) is 5.75. The summed E-state index contributed by atoms with van der Waals surface area (Å²) in [6, 6.07) is 1.64. The van der Waals surface area contributed by atoms with Crippen LogP contribution < -0.4 is 11.1 Å². The molecule has 0 aromatic carbocycles. The second kappa shape index (κ2) is 4.96. The molecule has 1 aromatic heterocycles. The van der Waals surface area contributed by atoms with E-state index in [0.29, 0.717) is 11.3 Å². The maximum absolute atomic E-state index is 11.7. The Labute approximate surface area is 95.3 Å². The average Bonchev–Trinajstić information content (AvgIpc) is 2.22. The van der Waals surface area contributed by atoms with Crippen LogP contribution in [0.4, 0.5) is 5.69 Å². The predicted octanol–water partition coefficient (Wildman–Crippen LogP) is 1.58. The summed E-state index contributed by atoms with van der Waals surface area (Å²) in [5.41, 5.74) is 6.64. The Morgan fingerprint density at radius 1 is 1.56 bits per heavy atom. The molecule has 1 amide bonds. The molecule has 1 heterocycles. The Morgan fingerprint density at radius 2 is 2.38 bits per heavy atom. The fourth-order valence-corrected chi connectivity index (χ4v) is 1.86. The Balaban J connectivity index is 1.81. The molecule has 1 aromatic rings. The summed E-state index contributed by atoms with van der Waals surface area (Å²) in [6.07, 6.45) is 8.13. The van der Waals surface area contributed by atoms with Crippen LogP contribution in [0.2, 0.25) is 0 Å². The molecule has 0 bridgehead atoms. The van der Waals surface area contributed by atoms with Crippen molar-refractivity contribution >= 4 is 11.6 Å². The van der Waals surface area contributed by atoms with Gasteiger partial charge in [-0.3, -0.25) is 9.78 Å². The number of hydrogen-bond acceptors (Lipinski definition) is 3. The zero-order chi connectivity index (χ0) is 11.4. The minimum atomic E-state index is -0.120. The minimum absolute atomic E-state index is 0.120. The SMILES string of the molecule is Nc1ccncc1C(=O)NCCC1CCC1. The standard InChI is InChI=1S/C12H17N3O/c13-11-5-6-14-8-10(11)12(16)15-7-4-9-2-1-3-9/h5-6,8-9H,1-4,7H2,(H2,13,14)(H,15,16). The zero-order valence-corrected chi connectivity index (χ0v) is 9.28. The number of nitrogen functional groups attached to an aromatic ring is 1. The van der Waals surface area contributed by atoms with Gasteiger partial charge in [-0.25, -0.2) is 0 Å². The first-order chi connectivity index (χ1) is 7.77. The van der Waals surface area contributed by atoms with Crippen LogP contribution in [0.5, 0.6) is 0 Å². The van der Waals surface area contributed by atoms with Crippen LogP contribution in [0, 0.1) is 5.92 Å². The van der Waals surface area contributed by atoms with E-state index < -0.39 is 0 Å². The molecule has 0 aliphatic heterocycles. The minimum Gasteiger partial charge on any atom is -0.398 e. The van der Waals surface area contributed by atoms with E-state index in [1.807, 2.05) is 0 Å². The molecule has 1 aliphatic carbocycles. The number of carbonyl (C=O) groups excluding carboxylic acids is 1. The van der Waals surface area contributed by atoms with Crippen molar-refractivity contribution < 1.29 is 4.79 Å². The number of hydrogen-bond donors (Lipinski definition) is 2. The van der Waals surface area contributed by atoms with Crippen LogP contribution >= 0.6 is 0 Å². The largest absolute Gasteiger partial charge is 0.398 e. The lowest BCUT2D eigenvalue weighted by molar-refractivity contribution is 0.0949. The number of aromatic nitrogens is 1. The number of nitrogens with one attached hydrogen (secondary N) is 1. The van der Waals surface area contributed by atoms with Gasteiger partial charge in [-0.05, 0) is 18.4 Å². The van der Waals surface area contributed by atoms with Gasteiger partial charge in [0.1, 0.15) is 0 Å². The highest BCUT2D eigenvalue weighted by molar-refractivity contribution is 5.98. The first kappa shape index (κ1) is 10.9. The van der Waals surface area contributed by atoms with E-state index in [4.69, 9.17) is 5.73 Å². The normalized spacial score (nSPS) is 15.5. The van der Waals surface area contributed by atoms with E-state index in [2.05, 4.69) is 10.3 Å². The average molecular weight is 219 g/mol. The Morgan fingerprint density at radius 3 is 3.00 bits per heavy atom. The molecule has 1 saturated carbocycles. The molecule has 3 N–H and O–H groups in total. The molecule has 0 spiro atoms. The van der Waals surface area contributed by atoms with E-state index in [-0.39, 0.29) is 5.91 Å². The van der Waals surface area contributed by atoms with Crippen molar-refractivity contribution in [2.75, 3.05) is 12.3 Å². The monoisotopic (exact) mass is 219 g/mol. The molecule has 4 nitrogen and oxygen atoms in total. The third kappa shape index (κ3) is 2.51. The molecule has 16 heavy (non-hydrogen) atoms. The predicted molar refractivity (Wildman–Crippen MR) is 62.9 cm³/mol. The molecule has 2 rings (SSSR count). The second-order valence-electron chi connectivity index (χ2n) is 4.30. The fourth-order valence-electron chi connectivity index (χ4n) is 1.86. The smallest absolute Gasteiger partial charge is 0.254 e. The van der Waals surface area contributed by atoms with E-state index >= 15 is 0 Å². The number of anilines is 1. The van der Waals surface area contributed by atoms with Gasteiger partial charge in [0.15, 0.2) is 0 Å². The van der Waals surface area contributed by atoms with Gasteiger partial charge in [0, 0.05) is 24.6 Å². The summed E-state index contributed by atoms with van der Waals surface area (Å²) < 4.78 is 0. The van der Waals surface area contributed by atoms with Crippen LogP contribution in [-0.2, 0) is 0 Å². The van der Waals surface area contributed by atoms with E-state index in [1.165, 1.54) is 25.5 Å². The molecule has 86 valence electrons. The second-order valence-corrected chi connectivity index (χ2v) is 4.30. The lowest BCUT2D eigenvalue weighted by Crippen LogP contribution is -2.28. The van der Waals surface area contributed by atoms with Crippen molar-refractivity contribution in [1.82, 2.24) is 10.3 Å². The Bertz CT molecular complexity index is 374. The summed E-state index contributed by atoms with van der Waals surface area (Å²) in [6.45, 7) is 0.734. The lowest BCUT2D eigenvalue weighted by Gasteiger charge is -2.25. The summed E-state index contributed by atoms with van der Waals surface area (Å²) in [7, 11) is 0. The molecule has 4 heteroatoms. The molecular formula is C12H17N3O. The van der Waals surface area contributed by atoms with Gasteiger partial charge in [0.05, 0.1) is 5.56 Å².